The summed E-state index contributed by atoms with van der Waals surface area (Å²) in [5.74, 6) is 0.716. The van der Waals surface area contributed by atoms with E-state index in [4.69, 9.17) is 9.47 Å². The van der Waals surface area contributed by atoms with Crippen LogP contribution >= 0.6 is 0 Å². The van der Waals surface area contributed by atoms with Crippen LogP contribution in [0.5, 0.6) is 5.75 Å². The number of nitrogens with zero attached hydrogens (tertiary/aromatic N) is 1. The van der Waals surface area contributed by atoms with Crippen LogP contribution in [-0.4, -0.2) is 49.8 Å². The molecule has 1 aliphatic rings. The van der Waals surface area contributed by atoms with Crippen molar-refractivity contribution in [2.45, 2.75) is 32.5 Å². The van der Waals surface area contributed by atoms with Crippen molar-refractivity contribution in [2.75, 3.05) is 26.8 Å². The molecule has 1 unspecified atom stereocenters. The van der Waals surface area contributed by atoms with Gasteiger partial charge < -0.3 is 14.8 Å². The summed E-state index contributed by atoms with van der Waals surface area (Å²) >= 11 is 0. The highest BCUT2D eigenvalue weighted by Gasteiger charge is 2.24. The number of nitrogens with one attached hydrogen (secondary N) is 1. The lowest BCUT2D eigenvalue weighted by Crippen LogP contribution is -2.49. The maximum absolute atomic E-state index is 11.9. The van der Waals surface area contributed by atoms with E-state index in [-0.39, 0.29) is 18.1 Å². The van der Waals surface area contributed by atoms with Gasteiger partial charge in [-0.15, -0.1) is 0 Å². The Kier molecular flexibility index (Phi) is 5.59. The number of para-hydroxylation sites is 1. The second-order valence-corrected chi connectivity index (χ2v) is 5.59. The lowest BCUT2D eigenvalue weighted by Gasteiger charge is -2.26. The molecule has 0 saturated heterocycles. The number of hydrogen-bond donors (Lipinski definition) is 1. The van der Waals surface area contributed by atoms with Crippen molar-refractivity contribution in [3.63, 3.8) is 0 Å². The molecule has 1 N–H and O–H groups in total. The summed E-state index contributed by atoms with van der Waals surface area (Å²) in [5, 5.41) is 3.27. The minimum Gasteiger partial charge on any atom is -0.492 e. The van der Waals surface area contributed by atoms with Crippen molar-refractivity contribution in [1.82, 2.24) is 10.2 Å². The van der Waals surface area contributed by atoms with Crippen LogP contribution in [0.15, 0.2) is 24.3 Å². The maximum atomic E-state index is 11.9. The zero-order valence-corrected chi connectivity index (χ0v) is 13.0. The molecule has 116 valence electrons. The molecule has 1 aromatic carbocycles. The zero-order chi connectivity index (χ0) is 15.2. The normalized spacial score (nSPS) is 16.8. The first-order chi connectivity index (χ1) is 10.1. The van der Waals surface area contributed by atoms with E-state index in [9.17, 15) is 4.79 Å². The Hall–Kier alpha value is -1.59. The third kappa shape index (κ3) is 4.44. The third-order valence-electron chi connectivity index (χ3n) is 3.49. The molecule has 5 heteroatoms. The first kappa shape index (κ1) is 15.8. The van der Waals surface area contributed by atoms with Crippen molar-refractivity contribution >= 4 is 5.97 Å². The number of carbonyl (C=O) groups excluding carboxylic acids is 1. The number of ether oxygens (including phenoxy) is 2. The quantitative estimate of drug-likeness (QED) is 0.832. The van der Waals surface area contributed by atoms with Crippen LogP contribution in [0.25, 0.3) is 0 Å². The van der Waals surface area contributed by atoms with Gasteiger partial charge >= 0.3 is 5.97 Å². The molecule has 21 heavy (non-hydrogen) atoms. The molecule has 1 aromatic rings. The molecule has 1 aliphatic heterocycles. The summed E-state index contributed by atoms with van der Waals surface area (Å²) in [6, 6.07) is 7.95. The number of esters is 1. The van der Waals surface area contributed by atoms with E-state index in [0.29, 0.717) is 13.2 Å². The average Bonchev–Trinajstić information content (AvgIpc) is 2.66. The van der Waals surface area contributed by atoms with Crippen LogP contribution in [0, 0.1) is 0 Å². The van der Waals surface area contributed by atoms with Gasteiger partial charge in [0, 0.05) is 31.2 Å². The smallest absolute Gasteiger partial charge is 0.324 e. The molecule has 0 fully saturated rings. The molecule has 1 atom stereocenters. The fourth-order valence-electron chi connectivity index (χ4n) is 2.53. The van der Waals surface area contributed by atoms with Crippen LogP contribution in [0.1, 0.15) is 19.4 Å². The summed E-state index contributed by atoms with van der Waals surface area (Å²) in [7, 11) is 1.43. The fraction of sp³-hybridized carbons (Fsp3) is 0.562. The lowest BCUT2D eigenvalue weighted by atomic mass is 10.1. The van der Waals surface area contributed by atoms with Gasteiger partial charge in [0.05, 0.1) is 7.11 Å². The van der Waals surface area contributed by atoms with Gasteiger partial charge in [-0.2, -0.15) is 0 Å². The second-order valence-electron chi connectivity index (χ2n) is 5.59. The Labute approximate surface area is 126 Å². The van der Waals surface area contributed by atoms with Crippen LogP contribution in [0.4, 0.5) is 0 Å². The monoisotopic (exact) mass is 292 g/mol. The SMILES string of the molecule is COC(=O)C(CN1CCOc2ccccc2C1)NC(C)C. The molecule has 0 bridgehead atoms. The highest BCUT2D eigenvalue weighted by molar-refractivity contribution is 5.76. The van der Waals surface area contributed by atoms with Crippen molar-refractivity contribution < 1.29 is 14.3 Å². The van der Waals surface area contributed by atoms with Crippen LogP contribution in [-0.2, 0) is 16.1 Å². The Balaban J connectivity index is 2.05. The van der Waals surface area contributed by atoms with Crippen molar-refractivity contribution in [3.8, 4) is 5.75 Å². The number of fused-ring (bicyclic) bond motifs is 1. The molecule has 0 aliphatic carbocycles. The van der Waals surface area contributed by atoms with Crippen molar-refractivity contribution in [3.05, 3.63) is 29.8 Å². The third-order valence-corrected chi connectivity index (χ3v) is 3.49. The summed E-state index contributed by atoms with van der Waals surface area (Å²) in [5.41, 5.74) is 1.16. The van der Waals surface area contributed by atoms with E-state index in [0.717, 1.165) is 24.4 Å². The number of methoxy groups -OCH3 is 1. The van der Waals surface area contributed by atoms with Crippen LogP contribution in [0.2, 0.25) is 0 Å². The summed E-state index contributed by atoms with van der Waals surface area (Å²) in [4.78, 5) is 14.1. The number of rotatable bonds is 5. The van der Waals surface area contributed by atoms with Gasteiger partial charge in [-0.05, 0) is 6.07 Å². The summed E-state index contributed by atoms with van der Waals surface area (Å²) in [6.45, 7) is 6.87. The predicted molar refractivity (Wildman–Crippen MR) is 81.3 cm³/mol. The van der Waals surface area contributed by atoms with Crippen LogP contribution < -0.4 is 10.1 Å². The van der Waals surface area contributed by atoms with E-state index < -0.39 is 0 Å². The van der Waals surface area contributed by atoms with Gasteiger partial charge in [0.2, 0.25) is 0 Å². The molecule has 0 spiro atoms. The Morgan fingerprint density at radius 2 is 2.19 bits per heavy atom. The molecule has 0 radical (unpaired) electrons. The number of hydrogen-bond acceptors (Lipinski definition) is 5. The molecule has 1 heterocycles. The van der Waals surface area contributed by atoms with E-state index in [1.54, 1.807) is 0 Å². The van der Waals surface area contributed by atoms with Crippen molar-refractivity contribution in [1.29, 1.82) is 0 Å². The van der Waals surface area contributed by atoms with Gasteiger partial charge in [0.25, 0.3) is 0 Å². The Morgan fingerprint density at radius 1 is 1.43 bits per heavy atom. The minimum atomic E-state index is -0.319. The molecule has 2 rings (SSSR count). The summed E-state index contributed by atoms with van der Waals surface area (Å²) < 4.78 is 10.6. The van der Waals surface area contributed by atoms with Crippen LogP contribution in [0.3, 0.4) is 0 Å². The maximum Gasteiger partial charge on any atom is 0.324 e. The Morgan fingerprint density at radius 3 is 2.90 bits per heavy atom. The number of benzene rings is 1. The molecule has 0 saturated carbocycles. The van der Waals surface area contributed by atoms with Gasteiger partial charge in [-0.3, -0.25) is 9.69 Å². The first-order valence-electron chi connectivity index (χ1n) is 7.37. The van der Waals surface area contributed by atoms with E-state index >= 15 is 0 Å². The zero-order valence-electron chi connectivity index (χ0n) is 13.0. The highest BCUT2D eigenvalue weighted by atomic mass is 16.5. The van der Waals surface area contributed by atoms with E-state index in [1.165, 1.54) is 7.11 Å². The van der Waals surface area contributed by atoms with E-state index in [2.05, 4.69) is 16.3 Å². The first-order valence-corrected chi connectivity index (χ1v) is 7.37. The predicted octanol–water partition coefficient (Wildman–Crippen LogP) is 1.42. The minimum absolute atomic E-state index is 0.220. The molecule has 0 amide bonds. The van der Waals surface area contributed by atoms with Gasteiger partial charge in [-0.1, -0.05) is 32.0 Å². The van der Waals surface area contributed by atoms with Gasteiger partial charge in [-0.25, -0.2) is 0 Å². The van der Waals surface area contributed by atoms with Gasteiger partial charge in [0.15, 0.2) is 0 Å². The highest BCUT2D eigenvalue weighted by Crippen LogP contribution is 2.22. The van der Waals surface area contributed by atoms with Crippen molar-refractivity contribution in [2.24, 2.45) is 0 Å². The topological polar surface area (TPSA) is 50.8 Å². The van der Waals surface area contributed by atoms with E-state index in [1.807, 2.05) is 32.0 Å². The fourth-order valence-corrected chi connectivity index (χ4v) is 2.53. The molecular weight excluding hydrogens is 268 g/mol. The largest absolute Gasteiger partial charge is 0.492 e. The number of carbonyl (C=O) groups is 1. The Bertz CT molecular complexity index is 476. The standard InChI is InChI=1S/C16H24N2O3/c1-12(2)17-14(16(19)20-3)11-18-8-9-21-15-7-5-4-6-13(15)10-18/h4-7,12,14,17H,8-11H2,1-3H3. The molecular formula is C16H24N2O3. The summed E-state index contributed by atoms with van der Waals surface area (Å²) in [6.07, 6.45) is 0. The average molecular weight is 292 g/mol. The lowest BCUT2D eigenvalue weighted by molar-refractivity contribution is -0.143. The molecule has 0 aromatic heterocycles. The second kappa shape index (κ2) is 7.43. The van der Waals surface area contributed by atoms with Gasteiger partial charge in [0.1, 0.15) is 18.4 Å². The molecule has 5 nitrogen and oxygen atoms in total.